The van der Waals surface area contributed by atoms with E-state index in [-0.39, 0.29) is 0 Å². The second-order valence-electron chi connectivity index (χ2n) is 5.87. The van der Waals surface area contributed by atoms with Crippen LogP contribution in [0.5, 0.6) is 0 Å². The molecule has 0 saturated heterocycles. The Kier molecular flexibility index (Phi) is 5.19. The third-order valence-electron chi connectivity index (χ3n) is 3.99. The van der Waals surface area contributed by atoms with Crippen molar-refractivity contribution >= 4 is 62.2 Å². The number of aromatic nitrogens is 3. The largest absolute Gasteiger partial charge is 0.365 e. The Balaban J connectivity index is 1.76. The molecular formula is C19H13Cl3N4S. The summed E-state index contributed by atoms with van der Waals surface area (Å²) >= 11 is 20.2. The average molecular weight is 436 g/mol. The Morgan fingerprint density at radius 1 is 1.04 bits per heavy atom. The van der Waals surface area contributed by atoms with E-state index in [0.717, 1.165) is 20.7 Å². The lowest BCUT2D eigenvalue weighted by Gasteiger charge is -2.10. The van der Waals surface area contributed by atoms with Crippen LogP contribution in [-0.4, -0.2) is 15.0 Å². The minimum Gasteiger partial charge on any atom is -0.365 e. The molecule has 0 fully saturated rings. The van der Waals surface area contributed by atoms with Gasteiger partial charge in [0.2, 0.25) is 0 Å². The zero-order valence-electron chi connectivity index (χ0n) is 14.1. The molecule has 0 aliphatic rings. The van der Waals surface area contributed by atoms with Crippen molar-refractivity contribution < 1.29 is 0 Å². The van der Waals surface area contributed by atoms with E-state index in [1.54, 1.807) is 12.3 Å². The number of nitrogens with one attached hydrogen (secondary N) is 1. The van der Waals surface area contributed by atoms with E-state index in [9.17, 15) is 0 Å². The number of anilines is 1. The SMILES string of the molecule is Cc1sc2nc(-c3ccccn3)nc(NCc3ccc(Cl)c(Cl)c3)c2c1Cl. The van der Waals surface area contributed by atoms with E-state index in [1.165, 1.54) is 11.3 Å². The molecule has 0 aliphatic heterocycles. The van der Waals surface area contributed by atoms with Crippen molar-refractivity contribution in [3.05, 3.63) is 68.1 Å². The summed E-state index contributed by atoms with van der Waals surface area (Å²) < 4.78 is 0. The van der Waals surface area contributed by atoms with Gasteiger partial charge in [0.15, 0.2) is 5.82 Å². The summed E-state index contributed by atoms with van der Waals surface area (Å²) in [5.41, 5.74) is 1.69. The van der Waals surface area contributed by atoms with Crippen molar-refractivity contribution in [1.29, 1.82) is 0 Å². The molecule has 0 aliphatic carbocycles. The van der Waals surface area contributed by atoms with Crippen molar-refractivity contribution in [3.8, 4) is 11.5 Å². The van der Waals surface area contributed by atoms with Crippen LogP contribution in [0, 0.1) is 6.92 Å². The van der Waals surface area contributed by atoms with Gasteiger partial charge in [-0.3, -0.25) is 4.98 Å². The molecule has 4 aromatic rings. The minimum atomic E-state index is 0.516. The molecule has 1 aromatic carbocycles. The van der Waals surface area contributed by atoms with Gasteiger partial charge in [-0.25, -0.2) is 9.97 Å². The number of thiophene rings is 1. The summed E-state index contributed by atoms with van der Waals surface area (Å²) in [7, 11) is 0. The average Bonchev–Trinajstić information content (AvgIpc) is 2.97. The van der Waals surface area contributed by atoms with E-state index in [2.05, 4.69) is 20.3 Å². The number of hydrogen-bond acceptors (Lipinski definition) is 5. The second-order valence-corrected chi connectivity index (χ2v) is 8.26. The summed E-state index contributed by atoms with van der Waals surface area (Å²) in [4.78, 5) is 15.5. The van der Waals surface area contributed by atoms with Gasteiger partial charge in [-0.05, 0) is 36.8 Å². The number of benzene rings is 1. The third-order valence-corrected chi connectivity index (χ3v) is 6.31. The molecule has 3 aromatic heterocycles. The lowest BCUT2D eigenvalue weighted by Crippen LogP contribution is -2.04. The Morgan fingerprint density at radius 3 is 2.63 bits per heavy atom. The number of rotatable bonds is 4. The first kappa shape index (κ1) is 18.4. The van der Waals surface area contributed by atoms with Crippen LogP contribution in [0.4, 0.5) is 5.82 Å². The maximum absolute atomic E-state index is 6.51. The molecule has 0 spiro atoms. The van der Waals surface area contributed by atoms with Crippen LogP contribution in [0.1, 0.15) is 10.4 Å². The van der Waals surface area contributed by atoms with Crippen LogP contribution < -0.4 is 5.32 Å². The fourth-order valence-corrected chi connectivity index (χ4v) is 4.24. The lowest BCUT2D eigenvalue weighted by atomic mass is 10.2. The van der Waals surface area contributed by atoms with Gasteiger partial charge in [0.05, 0.1) is 20.5 Å². The van der Waals surface area contributed by atoms with Gasteiger partial charge in [0.1, 0.15) is 16.3 Å². The molecule has 3 heterocycles. The Morgan fingerprint density at radius 2 is 1.89 bits per heavy atom. The maximum Gasteiger partial charge on any atom is 0.181 e. The van der Waals surface area contributed by atoms with Crippen LogP contribution in [0.2, 0.25) is 15.1 Å². The highest BCUT2D eigenvalue weighted by Gasteiger charge is 2.17. The fourth-order valence-electron chi connectivity index (χ4n) is 2.65. The minimum absolute atomic E-state index is 0.516. The Labute approximate surface area is 175 Å². The first-order valence-corrected chi connectivity index (χ1v) is 10.0. The fraction of sp³-hybridized carbons (Fsp3) is 0.105. The first-order chi connectivity index (χ1) is 13.0. The molecule has 27 heavy (non-hydrogen) atoms. The quantitative estimate of drug-likeness (QED) is 0.390. The highest BCUT2D eigenvalue weighted by atomic mass is 35.5. The van der Waals surface area contributed by atoms with Gasteiger partial charge in [0, 0.05) is 17.6 Å². The molecule has 0 saturated carbocycles. The molecule has 136 valence electrons. The topological polar surface area (TPSA) is 50.7 Å². The highest BCUT2D eigenvalue weighted by molar-refractivity contribution is 7.19. The van der Waals surface area contributed by atoms with Gasteiger partial charge >= 0.3 is 0 Å². The number of pyridine rings is 1. The van der Waals surface area contributed by atoms with Gasteiger partial charge in [0.25, 0.3) is 0 Å². The highest BCUT2D eigenvalue weighted by Crippen LogP contribution is 2.38. The predicted octanol–water partition coefficient (Wildman–Crippen LogP) is 6.63. The van der Waals surface area contributed by atoms with Crippen molar-refractivity contribution in [2.45, 2.75) is 13.5 Å². The number of fused-ring (bicyclic) bond motifs is 1. The molecule has 0 atom stereocenters. The van der Waals surface area contributed by atoms with Gasteiger partial charge in [-0.1, -0.05) is 46.9 Å². The molecule has 0 bridgehead atoms. The number of nitrogens with zero attached hydrogens (tertiary/aromatic N) is 3. The Hall–Kier alpha value is -1.92. The molecule has 4 nitrogen and oxygen atoms in total. The zero-order valence-corrected chi connectivity index (χ0v) is 17.2. The van der Waals surface area contributed by atoms with E-state index in [4.69, 9.17) is 34.8 Å². The van der Waals surface area contributed by atoms with Crippen LogP contribution in [0.15, 0.2) is 42.6 Å². The lowest BCUT2D eigenvalue weighted by molar-refractivity contribution is 1.10. The monoisotopic (exact) mass is 434 g/mol. The molecule has 0 unspecified atom stereocenters. The molecular weight excluding hydrogens is 423 g/mol. The summed E-state index contributed by atoms with van der Waals surface area (Å²) in [6.07, 6.45) is 1.72. The number of hydrogen-bond donors (Lipinski definition) is 1. The van der Waals surface area contributed by atoms with E-state index in [1.807, 2.05) is 37.3 Å². The molecule has 4 rings (SSSR count). The van der Waals surface area contributed by atoms with Crippen LogP contribution in [0.3, 0.4) is 0 Å². The van der Waals surface area contributed by atoms with Crippen molar-refractivity contribution in [2.75, 3.05) is 5.32 Å². The normalized spacial score (nSPS) is 11.1. The summed E-state index contributed by atoms with van der Waals surface area (Å²) in [5.74, 6) is 1.22. The van der Waals surface area contributed by atoms with E-state index in [0.29, 0.717) is 38.9 Å². The number of halogens is 3. The van der Waals surface area contributed by atoms with Crippen molar-refractivity contribution in [1.82, 2.24) is 15.0 Å². The van der Waals surface area contributed by atoms with Gasteiger partial charge < -0.3 is 5.32 Å². The summed E-state index contributed by atoms with van der Waals surface area (Å²) in [5, 5.41) is 5.88. The van der Waals surface area contributed by atoms with Crippen LogP contribution in [0.25, 0.3) is 21.7 Å². The molecule has 8 heteroatoms. The maximum atomic E-state index is 6.51. The second kappa shape index (κ2) is 7.60. The molecule has 0 radical (unpaired) electrons. The van der Waals surface area contributed by atoms with Crippen LogP contribution >= 0.6 is 46.1 Å². The smallest absolute Gasteiger partial charge is 0.181 e. The Bertz CT molecular complexity index is 1130. The number of aryl methyl sites for hydroxylation is 1. The third kappa shape index (κ3) is 3.73. The van der Waals surface area contributed by atoms with Crippen LogP contribution in [-0.2, 0) is 6.54 Å². The van der Waals surface area contributed by atoms with Gasteiger partial charge in [-0.2, -0.15) is 0 Å². The summed E-state index contributed by atoms with van der Waals surface area (Å²) in [6, 6.07) is 11.2. The molecule has 0 amide bonds. The van der Waals surface area contributed by atoms with E-state index < -0.39 is 0 Å². The summed E-state index contributed by atoms with van der Waals surface area (Å²) in [6.45, 7) is 2.49. The predicted molar refractivity (Wildman–Crippen MR) is 114 cm³/mol. The van der Waals surface area contributed by atoms with Crippen molar-refractivity contribution in [2.24, 2.45) is 0 Å². The van der Waals surface area contributed by atoms with Crippen molar-refractivity contribution in [3.63, 3.8) is 0 Å². The van der Waals surface area contributed by atoms with E-state index >= 15 is 0 Å². The van der Waals surface area contributed by atoms with Gasteiger partial charge in [-0.15, -0.1) is 11.3 Å². The first-order valence-electron chi connectivity index (χ1n) is 8.09. The molecule has 1 N–H and O–H groups in total. The standard InChI is InChI=1S/C19H13Cl3N4S/c1-10-16(22)15-18(24-9-11-5-6-12(20)13(21)8-11)25-17(26-19(15)27-10)14-4-2-3-7-23-14/h2-8H,9H2,1H3,(H,24,25,26). The zero-order chi connectivity index (χ0) is 19.0.